The molecule has 2 aromatic rings. The standard InChI is InChI=1S/C14H20N4O2S/c1-3-10-18-13(8-9-17-18)11-16-12-4-6-14(7-5-12)21(19,20)15-2/h4-9,15-16H,3,10-11H2,1-2H3. The van der Waals surface area contributed by atoms with Crippen molar-refractivity contribution in [1.82, 2.24) is 14.5 Å². The summed E-state index contributed by atoms with van der Waals surface area (Å²) in [4.78, 5) is 0.256. The van der Waals surface area contributed by atoms with Crippen LogP contribution in [0.4, 0.5) is 5.69 Å². The molecule has 2 rings (SSSR count). The molecule has 1 aromatic heterocycles. The Morgan fingerprint density at radius 3 is 2.52 bits per heavy atom. The Labute approximate surface area is 125 Å². The van der Waals surface area contributed by atoms with Crippen LogP contribution < -0.4 is 10.0 Å². The highest BCUT2D eigenvalue weighted by Gasteiger charge is 2.10. The second-order valence-corrected chi connectivity index (χ2v) is 6.52. The first-order valence-corrected chi connectivity index (χ1v) is 8.33. The summed E-state index contributed by atoms with van der Waals surface area (Å²) in [7, 11) is -1.98. The molecule has 0 spiro atoms. The van der Waals surface area contributed by atoms with E-state index in [0.29, 0.717) is 6.54 Å². The highest BCUT2D eigenvalue weighted by Crippen LogP contribution is 2.14. The normalized spacial score (nSPS) is 11.5. The number of hydrogen-bond donors (Lipinski definition) is 2. The fourth-order valence-electron chi connectivity index (χ4n) is 1.99. The average Bonchev–Trinajstić information content (AvgIpc) is 2.93. The zero-order chi connectivity index (χ0) is 15.3. The summed E-state index contributed by atoms with van der Waals surface area (Å²) in [6, 6.07) is 8.65. The van der Waals surface area contributed by atoms with Crippen molar-refractivity contribution in [2.24, 2.45) is 0 Å². The molecule has 21 heavy (non-hydrogen) atoms. The van der Waals surface area contributed by atoms with Gasteiger partial charge >= 0.3 is 0 Å². The molecule has 0 aliphatic heterocycles. The zero-order valence-corrected chi connectivity index (χ0v) is 13.0. The third kappa shape index (κ3) is 3.83. The molecule has 0 aliphatic carbocycles. The lowest BCUT2D eigenvalue weighted by molar-refractivity contribution is 0.578. The Hall–Kier alpha value is -1.86. The lowest BCUT2D eigenvalue weighted by Gasteiger charge is -2.09. The molecule has 0 atom stereocenters. The fourth-order valence-corrected chi connectivity index (χ4v) is 2.72. The van der Waals surface area contributed by atoms with Crippen LogP contribution in [-0.2, 0) is 23.1 Å². The Morgan fingerprint density at radius 1 is 1.19 bits per heavy atom. The first-order chi connectivity index (χ1) is 10.1. The monoisotopic (exact) mass is 308 g/mol. The third-order valence-electron chi connectivity index (χ3n) is 3.15. The number of rotatable bonds is 7. The van der Waals surface area contributed by atoms with E-state index in [1.807, 2.05) is 10.7 Å². The molecule has 1 aromatic carbocycles. The Morgan fingerprint density at radius 2 is 1.90 bits per heavy atom. The van der Waals surface area contributed by atoms with Gasteiger partial charge in [0.1, 0.15) is 0 Å². The molecule has 0 saturated heterocycles. The largest absolute Gasteiger partial charge is 0.379 e. The minimum Gasteiger partial charge on any atom is -0.379 e. The van der Waals surface area contributed by atoms with Crippen LogP contribution in [0.5, 0.6) is 0 Å². The van der Waals surface area contributed by atoms with Gasteiger partial charge in [-0.3, -0.25) is 4.68 Å². The van der Waals surface area contributed by atoms with Crippen LogP contribution in [0.2, 0.25) is 0 Å². The number of nitrogens with one attached hydrogen (secondary N) is 2. The van der Waals surface area contributed by atoms with Crippen LogP contribution in [0.25, 0.3) is 0 Å². The minimum atomic E-state index is -3.38. The van der Waals surface area contributed by atoms with Crippen molar-refractivity contribution in [3.63, 3.8) is 0 Å². The molecule has 0 fully saturated rings. The van der Waals surface area contributed by atoms with Crippen molar-refractivity contribution in [3.8, 4) is 0 Å². The van der Waals surface area contributed by atoms with Gasteiger partial charge in [0.2, 0.25) is 10.0 Å². The van der Waals surface area contributed by atoms with E-state index in [4.69, 9.17) is 0 Å². The number of sulfonamides is 1. The van der Waals surface area contributed by atoms with Crippen molar-refractivity contribution in [2.45, 2.75) is 31.3 Å². The lowest BCUT2D eigenvalue weighted by Crippen LogP contribution is -2.18. The van der Waals surface area contributed by atoms with Gasteiger partial charge in [-0.25, -0.2) is 13.1 Å². The van der Waals surface area contributed by atoms with Gasteiger partial charge in [0, 0.05) is 18.4 Å². The maximum atomic E-state index is 11.6. The van der Waals surface area contributed by atoms with E-state index in [0.717, 1.165) is 24.3 Å². The van der Waals surface area contributed by atoms with E-state index in [9.17, 15) is 8.42 Å². The molecule has 6 nitrogen and oxygen atoms in total. The molecule has 7 heteroatoms. The summed E-state index contributed by atoms with van der Waals surface area (Å²) in [6.07, 6.45) is 2.82. The van der Waals surface area contributed by atoms with Crippen LogP contribution in [0, 0.1) is 0 Å². The van der Waals surface area contributed by atoms with Crippen molar-refractivity contribution < 1.29 is 8.42 Å². The molecule has 0 bridgehead atoms. The SMILES string of the molecule is CCCn1nccc1CNc1ccc(S(=O)(=O)NC)cc1. The molecule has 0 radical (unpaired) electrons. The molecule has 1 heterocycles. The minimum absolute atomic E-state index is 0.256. The second kappa shape index (κ2) is 6.73. The van der Waals surface area contributed by atoms with Crippen LogP contribution in [0.3, 0.4) is 0 Å². The maximum absolute atomic E-state index is 11.6. The molecule has 0 aliphatic rings. The number of nitrogens with zero attached hydrogens (tertiary/aromatic N) is 2. The lowest BCUT2D eigenvalue weighted by atomic mass is 10.3. The molecule has 0 saturated carbocycles. The molecular weight excluding hydrogens is 288 g/mol. The summed E-state index contributed by atoms with van der Waals surface area (Å²) in [5.74, 6) is 0. The maximum Gasteiger partial charge on any atom is 0.240 e. The van der Waals surface area contributed by atoms with Gasteiger partial charge in [-0.15, -0.1) is 0 Å². The molecular formula is C14H20N4O2S. The summed E-state index contributed by atoms with van der Waals surface area (Å²) < 4.78 is 27.5. The summed E-state index contributed by atoms with van der Waals surface area (Å²) in [5, 5.41) is 7.53. The molecule has 2 N–H and O–H groups in total. The highest BCUT2D eigenvalue weighted by atomic mass is 32.2. The summed E-state index contributed by atoms with van der Waals surface area (Å²) >= 11 is 0. The first kappa shape index (κ1) is 15.5. The molecule has 0 unspecified atom stereocenters. The zero-order valence-electron chi connectivity index (χ0n) is 12.2. The van der Waals surface area contributed by atoms with E-state index in [2.05, 4.69) is 22.1 Å². The number of aromatic nitrogens is 2. The Balaban J connectivity index is 2.02. The van der Waals surface area contributed by atoms with Gasteiger partial charge in [0.15, 0.2) is 0 Å². The predicted octanol–water partition coefficient (Wildman–Crippen LogP) is 1.81. The van der Waals surface area contributed by atoms with Crippen LogP contribution >= 0.6 is 0 Å². The summed E-state index contributed by atoms with van der Waals surface area (Å²) in [6.45, 7) is 3.65. The Bertz CT molecular complexity index is 677. The summed E-state index contributed by atoms with van der Waals surface area (Å²) in [5.41, 5.74) is 1.97. The number of aryl methyl sites for hydroxylation is 1. The van der Waals surface area contributed by atoms with E-state index in [1.54, 1.807) is 30.5 Å². The van der Waals surface area contributed by atoms with Crippen molar-refractivity contribution in [1.29, 1.82) is 0 Å². The second-order valence-electron chi connectivity index (χ2n) is 4.63. The first-order valence-electron chi connectivity index (χ1n) is 6.85. The van der Waals surface area contributed by atoms with Crippen molar-refractivity contribution in [3.05, 3.63) is 42.2 Å². The van der Waals surface area contributed by atoms with Gasteiger partial charge in [0.05, 0.1) is 17.1 Å². The van der Waals surface area contributed by atoms with Gasteiger partial charge in [-0.1, -0.05) is 6.92 Å². The predicted molar refractivity (Wildman–Crippen MR) is 82.5 cm³/mol. The fraction of sp³-hybridized carbons (Fsp3) is 0.357. The van der Waals surface area contributed by atoms with E-state index in [1.165, 1.54) is 7.05 Å². The number of benzene rings is 1. The van der Waals surface area contributed by atoms with Crippen LogP contribution in [-0.4, -0.2) is 25.2 Å². The van der Waals surface area contributed by atoms with Crippen molar-refractivity contribution >= 4 is 15.7 Å². The third-order valence-corrected chi connectivity index (χ3v) is 4.58. The van der Waals surface area contributed by atoms with Crippen LogP contribution in [0.1, 0.15) is 19.0 Å². The van der Waals surface area contributed by atoms with Gasteiger partial charge < -0.3 is 5.32 Å². The van der Waals surface area contributed by atoms with Gasteiger partial charge in [0.25, 0.3) is 0 Å². The van der Waals surface area contributed by atoms with Gasteiger partial charge in [-0.05, 0) is 43.8 Å². The van der Waals surface area contributed by atoms with Gasteiger partial charge in [-0.2, -0.15) is 5.10 Å². The highest BCUT2D eigenvalue weighted by molar-refractivity contribution is 7.89. The van der Waals surface area contributed by atoms with Crippen LogP contribution in [0.15, 0.2) is 41.4 Å². The van der Waals surface area contributed by atoms with E-state index in [-0.39, 0.29) is 4.90 Å². The van der Waals surface area contributed by atoms with Crippen molar-refractivity contribution in [2.75, 3.05) is 12.4 Å². The number of anilines is 1. The smallest absolute Gasteiger partial charge is 0.240 e. The molecule has 0 amide bonds. The number of hydrogen-bond acceptors (Lipinski definition) is 4. The average molecular weight is 308 g/mol. The quantitative estimate of drug-likeness (QED) is 0.818. The topological polar surface area (TPSA) is 76.0 Å². The Kier molecular flexibility index (Phi) is 4.98. The van der Waals surface area contributed by atoms with E-state index < -0.39 is 10.0 Å². The molecule has 114 valence electrons. The van der Waals surface area contributed by atoms with E-state index >= 15 is 0 Å².